The van der Waals surface area contributed by atoms with E-state index in [1.165, 1.54) is 13.2 Å². The molecule has 0 atom stereocenters. The van der Waals surface area contributed by atoms with Crippen LogP contribution in [0.1, 0.15) is 18.9 Å². The van der Waals surface area contributed by atoms with Gasteiger partial charge in [-0.2, -0.15) is 0 Å². The SMILES string of the molecule is CCCn1c(SCc2ccc(OC)c(F)c2)nnc1-c1ccncc1. The summed E-state index contributed by atoms with van der Waals surface area (Å²) in [7, 11) is 1.46. The van der Waals surface area contributed by atoms with Crippen LogP contribution in [0.3, 0.4) is 0 Å². The van der Waals surface area contributed by atoms with Gasteiger partial charge in [0.25, 0.3) is 0 Å². The minimum absolute atomic E-state index is 0.253. The normalized spacial score (nSPS) is 10.8. The Morgan fingerprint density at radius 1 is 1.16 bits per heavy atom. The second kappa shape index (κ2) is 8.11. The van der Waals surface area contributed by atoms with E-state index in [4.69, 9.17) is 4.74 Å². The van der Waals surface area contributed by atoms with Crippen molar-refractivity contribution in [2.75, 3.05) is 7.11 Å². The van der Waals surface area contributed by atoms with E-state index in [1.54, 1.807) is 30.2 Å². The standard InChI is InChI=1S/C18H19FN4OS/c1-3-10-23-17(14-6-8-20-9-7-14)21-22-18(23)25-12-13-4-5-16(24-2)15(19)11-13/h4-9,11H,3,10,12H2,1-2H3. The van der Waals surface area contributed by atoms with Gasteiger partial charge in [-0.15, -0.1) is 10.2 Å². The summed E-state index contributed by atoms with van der Waals surface area (Å²) >= 11 is 1.54. The van der Waals surface area contributed by atoms with Gasteiger partial charge >= 0.3 is 0 Å². The highest BCUT2D eigenvalue weighted by atomic mass is 32.2. The van der Waals surface area contributed by atoms with Crippen molar-refractivity contribution in [3.05, 3.63) is 54.1 Å². The van der Waals surface area contributed by atoms with Gasteiger partial charge < -0.3 is 9.30 Å². The largest absolute Gasteiger partial charge is 0.494 e. The van der Waals surface area contributed by atoms with E-state index < -0.39 is 0 Å². The molecular weight excluding hydrogens is 339 g/mol. The highest BCUT2D eigenvalue weighted by Crippen LogP contribution is 2.28. The monoisotopic (exact) mass is 358 g/mol. The molecule has 5 nitrogen and oxygen atoms in total. The predicted octanol–water partition coefficient (Wildman–Crippen LogP) is 4.19. The summed E-state index contributed by atoms with van der Waals surface area (Å²) in [5.74, 6) is 1.34. The molecule has 0 saturated carbocycles. The molecule has 0 aliphatic carbocycles. The number of ether oxygens (including phenoxy) is 1. The summed E-state index contributed by atoms with van der Waals surface area (Å²) in [6.45, 7) is 2.94. The van der Waals surface area contributed by atoms with Crippen LogP contribution in [0.2, 0.25) is 0 Å². The number of aromatic nitrogens is 4. The van der Waals surface area contributed by atoms with E-state index in [0.717, 1.165) is 35.1 Å². The summed E-state index contributed by atoms with van der Waals surface area (Å²) in [4.78, 5) is 4.04. The Balaban J connectivity index is 1.81. The fraction of sp³-hybridized carbons (Fsp3) is 0.278. The molecule has 25 heavy (non-hydrogen) atoms. The lowest BCUT2D eigenvalue weighted by Crippen LogP contribution is -2.02. The third-order valence-corrected chi connectivity index (χ3v) is 4.72. The van der Waals surface area contributed by atoms with Gasteiger partial charge in [0, 0.05) is 30.3 Å². The first-order valence-corrected chi connectivity index (χ1v) is 9.00. The highest BCUT2D eigenvalue weighted by molar-refractivity contribution is 7.98. The van der Waals surface area contributed by atoms with E-state index in [-0.39, 0.29) is 11.6 Å². The number of thioether (sulfide) groups is 1. The molecule has 0 amide bonds. The first kappa shape index (κ1) is 17.4. The zero-order valence-electron chi connectivity index (χ0n) is 14.1. The van der Waals surface area contributed by atoms with Crippen LogP contribution in [-0.4, -0.2) is 26.9 Å². The minimum atomic E-state index is -0.354. The third kappa shape index (κ3) is 3.99. The first-order chi connectivity index (χ1) is 12.2. The smallest absolute Gasteiger partial charge is 0.191 e. The quantitative estimate of drug-likeness (QED) is 0.593. The van der Waals surface area contributed by atoms with Crippen LogP contribution in [0.5, 0.6) is 5.75 Å². The Hall–Kier alpha value is -2.41. The number of hydrogen-bond donors (Lipinski definition) is 0. The molecule has 2 heterocycles. The number of rotatable bonds is 7. The molecule has 0 saturated heterocycles. The van der Waals surface area contributed by atoms with E-state index >= 15 is 0 Å². The van der Waals surface area contributed by atoms with E-state index in [9.17, 15) is 4.39 Å². The highest BCUT2D eigenvalue weighted by Gasteiger charge is 2.14. The van der Waals surface area contributed by atoms with Gasteiger partial charge in [0.1, 0.15) is 0 Å². The van der Waals surface area contributed by atoms with E-state index in [0.29, 0.717) is 5.75 Å². The number of pyridine rings is 1. The van der Waals surface area contributed by atoms with Crippen LogP contribution in [0, 0.1) is 5.82 Å². The van der Waals surface area contributed by atoms with Crippen molar-refractivity contribution < 1.29 is 9.13 Å². The van der Waals surface area contributed by atoms with Crippen molar-refractivity contribution >= 4 is 11.8 Å². The van der Waals surface area contributed by atoms with E-state index in [1.807, 2.05) is 18.2 Å². The van der Waals surface area contributed by atoms with Crippen LogP contribution in [0.25, 0.3) is 11.4 Å². The van der Waals surface area contributed by atoms with Crippen molar-refractivity contribution in [2.24, 2.45) is 0 Å². The number of benzene rings is 1. The number of nitrogens with zero attached hydrogens (tertiary/aromatic N) is 4. The Morgan fingerprint density at radius 2 is 1.96 bits per heavy atom. The lowest BCUT2D eigenvalue weighted by molar-refractivity contribution is 0.386. The molecule has 0 fully saturated rings. The molecule has 0 bridgehead atoms. The van der Waals surface area contributed by atoms with Crippen molar-refractivity contribution in [3.63, 3.8) is 0 Å². The summed E-state index contributed by atoms with van der Waals surface area (Å²) in [5.41, 5.74) is 1.86. The van der Waals surface area contributed by atoms with Gasteiger partial charge in [-0.05, 0) is 36.2 Å². The zero-order valence-corrected chi connectivity index (χ0v) is 15.0. The molecule has 7 heteroatoms. The summed E-state index contributed by atoms with van der Waals surface area (Å²) in [6, 6.07) is 8.84. The number of methoxy groups -OCH3 is 1. The average molecular weight is 358 g/mol. The van der Waals surface area contributed by atoms with Crippen molar-refractivity contribution in [1.29, 1.82) is 0 Å². The molecule has 0 aliphatic heterocycles. The van der Waals surface area contributed by atoms with Crippen molar-refractivity contribution in [2.45, 2.75) is 30.8 Å². The second-order valence-corrected chi connectivity index (χ2v) is 6.39. The summed E-state index contributed by atoms with van der Waals surface area (Å²) in [6.07, 6.45) is 4.46. The molecule has 3 rings (SSSR count). The van der Waals surface area contributed by atoms with E-state index in [2.05, 4.69) is 26.7 Å². The molecule has 2 aromatic heterocycles. The van der Waals surface area contributed by atoms with Crippen LogP contribution < -0.4 is 4.74 Å². The lowest BCUT2D eigenvalue weighted by Gasteiger charge is -2.09. The summed E-state index contributed by atoms with van der Waals surface area (Å²) < 4.78 is 20.9. The number of hydrogen-bond acceptors (Lipinski definition) is 5. The van der Waals surface area contributed by atoms with Gasteiger partial charge in [0.05, 0.1) is 7.11 Å². The molecular formula is C18H19FN4OS. The van der Waals surface area contributed by atoms with Crippen LogP contribution in [-0.2, 0) is 12.3 Å². The fourth-order valence-electron chi connectivity index (χ4n) is 2.48. The average Bonchev–Trinajstić information content (AvgIpc) is 3.04. The maximum Gasteiger partial charge on any atom is 0.191 e. The lowest BCUT2D eigenvalue weighted by atomic mass is 10.2. The maximum atomic E-state index is 13.8. The molecule has 3 aromatic rings. The molecule has 0 radical (unpaired) electrons. The van der Waals surface area contributed by atoms with Gasteiger partial charge in [0.15, 0.2) is 22.5 Å². The number of halogens is 1. The zero-order chi connectivity index (χ0) is 17.6. The van der Waals surface area contributed by atoms with Crippen LogP contribution in [0.15, 0.2) is 47.9 Å². The van der Waals surface area contributed by atoms with Crippen molar-refractivity contribution in [3.8, 4) is 17.1 Å². The molecule has 0 aliphatic rings. The molecule has 130 valence electrons. The Bertz CT molecular complexity index is 838. The van der Waals surface area contributed by atoms with Gasteiger partial charge in [-0.3, -0.25) is 4.98 Å². The molecule has 0 spiro atoms. The van der Waals surface area contributed by atoms with Crippen LogP contribution in [0.4, 0.5) is 4.39 Å². The van der Waals surface area contributed by atoms with Crippen molar-refractivity contribution in [1.82, 2.24) is 19.7 Å². The van der Waals surface area contributed by atoms with Gasteiger partial charge in [-0.25, -0.2) is 4.39 Å². The predicted molar refractivity (Wildman–Crippen MR) is 96.1 cm³/mol. The van der Waals surface area contributed by atoms with Gasteiger partial charge in [-0.1, -0.05) is 24.8 Å². The summed E-state index contributed by atoms with van der Waals surface area (Å²) in [5, 5.41) is 9.48. The molecule has 1 aromatic carbocycles. The first-order valence-electron chi connectivity index (χ1n) is 8.01. The maximum absolute atomic E-state index is 13.8. The fourth-order valence-corrected chi connectivity index (χ4v) is 3.39. The molecule has 0 unspecified atom stereocenters. The topological polar surface area (TPSA) is 52.8 Å². The minimum Gasteiger partial charge on any atom is -0.494 e. The Morgan fingerprint density at radius 3 is 2.64 bits per heavy atom. The van der Waals surface area contributed by atoms with Crippen LogP contribution >= 0.6 is 11.8 Å². The Kier molecular flexibility index (Phi) is 5.65. The second-order valence-electron chi connectivity index (χ2n) is 5.45. The van der Waals surface area contributed by atoms with Gasteiger partial charge in [0.2, 0.25) is 0 Å². The third-order valence-electron chi connectivity index (χ3n) is 3.69. The molecule has 0 N–H and O–H groups in total. The Labute approximate surface area is 150 Å².